The molecule has 0 aromatic heterocycles. The lowest BCUT2D eigenvalue weighted by Crippen LogP contribution is -2.17. The van der Waals surface area contributed by atoms with Crippen LogP contribution in [0.2, 0.25) is 0 Å². The van der Waals surface area contributed by atoms with Gasteiger partial charge in [-0.05, 0) is 35.4 Å². The first-order valence-corrected chi connectivity index (χ1v) is 7.13. The number of para-hydroxylation sites is 1. The van der Waals surface area contributed by atoms with Crippen molar-refractivity contribution in [2.45, 2.75) is 13.5 Å². The highest BCUT2D eigenvalue weighted by atomic mass is 16.3. The fourth-order valence-electron chi connectivity index (χ4n) is 2.80. The number of aromatic hydroxyl groups is 1. The van der Waals surface area contributed by atoms with E-state index in [0.29, 0.717) is 12.3 Å². The summed E-state index contributed by atoms with van der Waals surface area (Å²) >= 11 is 0. The summed E-state index contributed by atoms with van der Waals surface area (Å²) in [5.41, 5.74) is 3.39. The van der Waals surface area contributed by atoms with E-state index >= 15 is 0 Å². The van der Waals surface area contributed by atoms with Gasteiger partial charge in [-0.15, -0.1) is 0 Å². The van der Waals surface area contributed by atoms with Crippen molar-refractivity contribution >= 4 is 16.5 Å². The lowest BCUT2D eigenvalue weighted by molar-refractivity contribution is 0.469. The molecule has 0 unspecified atom stereocenters. The summed E-state index contributed by atoms with van der Waals surface area (Å²) in [4.78, 5) is 2.18. The van der Waals surface area contributed by atoms with Crippen LogP contribution in [0.5, 0.6) is 5.75 Å². The Morgan fingerprint density at radius 1 is 0.905 bits per heavy atom. The fourth-order valence-corrected chi connectivity index (χ4v) is 2.80. The fraction of sp³-hybridized carbons (Fsp3) is 0.158. The van der Waals surface area contributed by atoms with Crippen molar-refractivity contribution in [1.29, 1.82) is 0 Å². The third-order valence-electron chi connectivity index (χ3n) is 3.94. The smallest absolute Gasteiger partial charge is 0.121 e. The van der Waals surface area contributed by atoms with Gasteiger partial charge in [0.25, 0.3) is 0 Å². The lowest BCUT2D eigenvalue weighted by Gasteiger charge is -2.23. The van der Waals surface area contributed by atoms with Gasteiger partial charge < -0.3 is 10.0 Å². The number of phenols is 1. The highest BCUT2D eigenvalue weighted by Crippen LogP contribution is 2.30. The van der Waals surface area contributed by atoms with Crippen molar-refractivity contribution in [1.82, 2.24) is 0 Å². The molecule has 0 aliphatic rings. The second-order valence-corrected chi connectivity index (χ2v) is 5.43. The normalized spacial score (nSPS) is 10.8. The van der Waals surface area contributed by atoms with E-state index in [1.807, 2.05) is 30.3 Å². The van der Waals surface area contributed by atoms with Crippen LogP contribution in [0.4, 0.5) is 5.69 Å². The van der Waals surface area contributed by atoms with Crippen LogP contribution in [0.25, 0.3) is 10.8 Å². The second kappa shape index (κ2) is 5.49. The predicted molar refractivity (Wildman–Crippen MR) is 88.9 cm³/mol. The number of hydrogen-bond donors (Lipinski definition) is 1. The van der Waals surface area contributed by atoms with Crippen LogP contribution in [0.1, 0.15) is 11.1 Å². The van der Waals surface area contributed by atoms with Gasteiger partial charge in [0.2, 0.25) is 0 Å². The summed E-state index contributed by atoms with van der Waals surface area (Å²) in [7, 11) is 2.06. The molecule has 2 heteroatoms. The molecular formula is C19H19NO. The number of benzene rings is 3. The van der Waals surface area contributed by atoms with Crippen molar-refractivity contribution in [3.63, 3.8) is 0 Å². The van der Waals surface area contributed by atoms with E-state index in [-0.39, 0.29) is 0 Å². The summed E-state index contributed by atoms with van der Waals surface area (Å²) in [6.07, 6.45) is 0. The predicted octanol–water partition coefficient (Wildman–Crippen LogP) is 4.49. The van der Waals surface area contributed by atoms with Gasteiger partial charge in [0.1, 0.15) is 5.75 Å². The van der Waals surface area contributed by atoms with Crippen LogP contribution >= 0.6 is 0 Å². The van der Waals surface area contributed by atoms with Crippen LogP contribution in [0.3, 0.4) is 0 Å². The van der Waals surface area contributed by atoms with E-state index in [9.17, 15) is 5.11 Å². The van der Waals surface area contributed by atoms with Crippen molar-refractivity contribution in [2.24, 2.45) is 0 Å². The molecule has 0 aliphatic carbocycles. The largest absolute Gasteiger partial charge is 0.508 e. The Bertz CT molecular complexity index is 779. The van der Waals surface area contributed by atoms with E-state index in [0.717, 1.165) is 16.3 Å². The van der Waals surface area contributed by atoms with Gasteiger partial charge in [-0.2, -0.15) is 0 Å². The molecule has 0 fully saturated rings. The first kappa shape index (κ1) is 13.5. The Balaban J connectivity index is 2.02. The third-order valence-corrected chi connectivity index (χ3v) is 3.94. The van der Waals surface area contributed by atoms with Gasteiger partial charge in [-0.25, -0.2) is 0 Å². The lowest BCUT2D eigenvalue weighted by atomic mass is 10.0. The molecule has 0 saturated heterocycles. The van der Waals surface area contributed by atoms with Gasteiger partial charge in [0.05, 0.1) is 0 Å². The molecule has 0 atom stereocenters. The van der Waals surface area contributed by atoms with Gasteiger partial charge in [0.15, 0.2) is 0 Å². The molecule has 0 bridgehead atoms. The zero-order valence-electron chi connectivity index (χ0n) is 12.4. The Labute approximate surface area is 125 Å². The molecule has 0 amide bonds. The molecule has 1 N–H and O–H groups in total. The number of fused-ring (bicyclic) bond motifs is 1. The van der Waals surface area contributed by atoms with Crippen LogP contribution in [0.15, 0.2) is 60.7 Å². The van der Waals surface area contributed by atoms with Crippen LogP contribution in [-0.4, -0.2) is 12.2 Å². The molecule has 0 spiro atoms. The van der Waals surface area contributed by atoms with Crippen LogP contribution < -0.4 is 4.90 Å². The minimum absolute atomic E-state index is 0.356. The Hall–Kier alpha value is -2.48. The van der Waals surface area contributed by atoms with Gasteiger partial charge in [0, 0.05) is 24.8 Å². The van der Waals surface area contributed by atoms with Crippen LogP contribution in [0, 0.1) is 6.92 Å². The van der Waals surface area contributed by atoms with Crippen LogP contribution in [-0.2, 0) is 6.54 Å². The number of rotatable bonds is 3. The van der Waals surface area contributed by atoms with Crippen molar-refractivity contribution in [3.8, 4) is 5.75 Å². The quantitative estimate of drug-likeness (QED) is 0.762. The summed E-state index contributed by atoms with van der Waals surface area (Å²) in [5, 5.41) is 12.5. The third kappa shape index (κ3) is 2.57. The molecule has 0 aliphatic heterocycles. The maximum atomic E-state index is 10.2. The number of anilines is 1. The van der Waals surface area contributed by atoms with E-state index in [1.54, 1.807) is 6.07 Å². The first-order chi connectivity index (χ1) is 10.2. The Morgan fingerprint density at radius 3 is 2.43 bits per heavy atom. The monoisotopic (exact) mass is 277 g/mol. The minimum Gasteiger partial charge on any atom is -0.508 e. The highest BCUT2D eigenvalue weighted by Gasteiger charge is 2.11. The zero-order chi connectivity index (χ0) is 14.8. The average Bonchev–Trinajstić information content (AvgIpc) is 2.50. The second-order valence-electron chi connectivity index (χ2n) is 5.43. The number of hydrogen-bond acceptors (Lipinski definition) is 2. The summed E-state index contributed by atoms with van der Waals surface area (Å²) in [5.74, 6) is 0.356. The number of phenolic OH excluding ortho intramolecular Hbond substituents is 1. The molecule has 106 valence electrons. The average molecular weight is 277 g/mol. The standard InChI is InChI=1S/C19H19NO/c1-14-7-3-6-10-18(14)20(2)13-17-16-9-5-4-8-15(16)11-12-19(17)21/h3-12,21H,13H2,1-2H3. The summed E-state index contributed by atoms with van der Waals surface area (Å²) in [6, 6.07) is 20.2. The SMILES string of the molecule is Cc1ccccc1N(C)Cc1c(O)ccc2ccccc12. The molecule has 21 heavy (non-hydrogen) atoms. The number of aryl methyl sites for hydroxylation is 1. The Morgan fingerprint density at radius 2 is 1.62 bits per heavy atom. The van der Waals surface area contributed by atoms with E-state index in [1.165, 1.54) is 11.3 Å². The van der Waals surface area contributed by atoms with E-state index < -0.39 is 0 Å². The highest BCUT2D eigenvalue weighted by molar-refractivity contribution is 5.88. The maximum Gasteiger partial charge on any atom is 0.121 e. The topological polar surface area (TPSA) is 23.5 Å². The van der Waals surface area contributed by atoms with Crippen molar-refractivity contribution < 1.29 is 5.11 Å². The van der Waals surface area contributed by atoms with E-state index in [2.05, 4.69) is 43.1 Å². The van der Waals surface area contributed by atoms with E-state index in [4.69, 9.17) is 0 Å². The molecule has 2 nitrogen and oxygen atoms in total. The van der Waals surface area contributed by atoms with Gasteiger partial charge >= 0.3 is 0 Å². The minimum atomic E-state index is 0.356. The number of nitrogens with zero attached hydrogens (tertiary/aromatic N) is 1. The van der Waals surface area contributed by atoms with Crippen molar-refractivity contribution in [2.75, 3.05) is 11.9 Å². The molecule has 3 rings (SSSR count). The summed E-state index contributed by atoms with van der Waals surface area (Å²) in [6.45, 7) is 2.78. The summed E-state index contributed by atoms with van der Waals surface area (Å²) < 4.78 is 0. The molecule has 0 radical (unpaired) electrons. The maximum absolute atomic E-state index is 10.2. The van der Waals surface area contributed by atoms with Crippen molar-refractivity contribution in [3.05, 3.63) is 71.8 Å². The van der Waals surface area contributed by atoms with Gasteiger partial charge in [-0.3, -0.25) is 0 Å². The zero-order valence-corrected chi connectivity index (χ0v) is 12.4. The Kier molecular flexibility index (Phi) is 3.53. The van der Waals surface area contributed by atoms with Gasteiger partial charge in [-0.1, -0.05) is 48.5 Å². The molecule has 0 saturated carbocycles. The first-order valence-electron chi connectivity index (χ1n) is 7.13. The molecule has 3 aromatic rings. The molecular weight excluding hydrogens is 258 g/mol. The molecule has 0 heterocycles. The molecule has 3 aromatic carbocycles.